The van der Waals surface area contributed by atoms with Gasteiger partial charge >= 0.3 is 0 Å². The molecule has 2 aliphatic heterocycles. The fourth-order valence-corrected chi connectivity index (χ4v) is 6.54. The van der Waals surface area contributed by atoms with Crippen LogP contribution < -0.4 is 19.9 Å². The van der Waals surface area contributed by atoms with Gasteiger partial charge in [-0.25, -0.2) is 13.2 Å². The summed E-state index contributed by atoms with van der Waals surface area (Å²) in [6.45, 7) is 1.29. The van der Waals surface area contributed by atoms with Crippen LogP contribution >= 0.6 is 11.6 Å². The Kier molecular flexibility index (Phi) is 7.46. The van der Waals surface area contributed by atoms with Crippen molar-refractivity contribution in [2.45, 2.75) is 43.6 Å². The topological polar surface area (TPSA) is 87.7 Å². The molecule has 0 radical (unpaired) electrons. The molecular formula is C30H29ClF3N5O3. The molecule has 4 heterocycles. The second-order valence-corrected chi connectivity index (χ2v) is 11.6. The standard InChI is InChI=1S/C30H29ClF3N5O3/c1-42-25-4-2-3-24(37-25)38-15-30(16-38)22-10-7-19(32)12-23(22)39(29(30)41)14-17-5-8-20(9-6-17)36-28(40)21-11-18(31)13-35-26(21)27(33)34/h2-4,7,10-13,17,20,27H,5-6,8-9,14-16H2,1H3,(H,36,40)/t17-,20-. The number of rotatable bonds is 7. The van der Waals surface area contributed by atoms with E-state index in [1.54, 1.807) is 24.1 Å². The van der Waals surface area contributed by atoms with Gasteiger partial charge in [-0.05, 0) is 61.4 Å². The van der Waals surface area contributed by atoms with Crippen molar-refractivity contribution >= 4 is 34.9 Å². The molecular weight excluding hydrogens is 571 g/mol. The highest BCUT2D eigenvalue weighted by molar-refractivity contribution is 6.30. The monoisotopic (exact) mass is 599 g/mol. The van der Waals surface area contributed by atoms with E-state index in [-0.39, 0.29) is 28.5 Å². The van der Waals surface area contributed by atoms with E-state index < -0.39 is 29.3 Å². The summed E-state index contributed by atoms with van der Waals surface area (Å²) in [5, 5.41) is 2.95. The summed E-state index contributed by atoms with van der Waals surface area (Å²) in [5.41, 5.74) is -0.188. The molecule has 1 spiro atoms. The molecule has 2 fully saturated rings. The number of carbonyl (C=O) groups is 2. The number of ether oxygens (including phenoxy) is 1. The van der Waals surface area contributed by atoms with Gasteiger partial charge in [-0.2, -0.15) is 4.98 Å². The minimum Gasteiger partial charge on any atom is -0.481 e. The molecule has 2 aromatic heterocycles. The minimum absolute atomic E-state index is 0.0503. The molecule has 0 atom stereocenters. The predicted octanol–water partition coefficient (Wildman–Crippen LogP) is 5.31. The molecule has 3 aromatic rings. The average molecular weight is 600 g/mol. The normalized spacial score (nSPS) is 21.0. The number of carbonyl (C=O) groups excluding carboxylic acids is 2. The number of hydrogen-bond acceptors (Lipinski definition) is 6. The van der Waals surface area contributed by atoms with Crippen molar-refractivity contribution in [3.05, 3.63) is 76.3 Å². The van der Waals surface area contributed by atoms with Crippen LogP contribution in [0, 0.1) is 11.7 Å². The van der Waals surface area contributed by atoms with E-state index in [1.807, 2.05) is 17.0 Å². The fraction of sp³-hybridized carbons (Fsp3) is 0.400. The van der Waals surface area contributed by atoms with E-state index in [4.69, 9.17) is 16.3 Å². The number of fused-ring (bicyclic) bond motifs is 2. The Morgan fingerprint density at radius 2 is 1.93 bits per heavy atom. The zero-order valence-electron chi connectivity index (χ0n) is 22.8. The lowest BCUT2D eigenvalue weighted by Crippen LogP contribution is -2.64. The van der Waals surface area contributed by atoms with Crippen LogP contribution in [0.4, 0.5) is 24.7 Å². The van der Waals surface area contributed by atoms with Gasteiger partial charge in [-0.3, -0.25) is 14.6 Å². The van der Waals surface area contributed by atoms with E-state index >= 15 is 0 Å². The van der Waals surface area contributed by atoms with Gasteiger partial charge in [0.15, 0.2) is 0 Å². The van der Waals surface area contributed by atoms with E-state index in [1.165, 1.54) is 18.2 Å². The maximum atomic E-state index is 14.4. The number of hydrogen-bond donors (Lipinski definition) is 1. The zero-order chi connectivity index (χ0) is 29.6. The third-order valence-electron chi connectivity index (χ3n) is 8.54. The maximum absolute atomic E-state index is 14.4. The molecule has 1 aromatic carbocycles. The Balaban J connectivity index is 1.12. The van der Waals surface area contributed by atoms with Gasteiger partial charge in [0.1, 0.15) is 22.7 Å². The number of halogens is 4. The summed E-state index contributed by atoms with van der Waals surface area (Å²) in [6, 6.07) is 11.0. The van der Waals surface area contributed by atoms with Gasteiger partial charge in [0.2, 0.25) is 11.8 Å². The summed E-state index contributed by atoms with van der Waals surface area (Å²) < 4.78 is 46.4. The van der Waals surface area contributed by atoms with Gasteiger partial charge in [0, 0.05) is 37.9 Å². The summed E-state index contributed by atoms with van der Waals surface area (Å²) in [5.74, 6) is 0.245. The minimum atomic E-state index is -2.90. The van der Waals surface area contributed by atoms with Gasteiger partial charge in [0.05, 0.1) is 23.4 Å². The molecule has 2 amide bonds. The molecule has 1 N–H and O–H groups in total. The quantitative estimate of drug-likeness (QED) is 0.396. The van der Waals surface area contributed by atoms with Crippen molar-refractivity contribution < 1.29 is 27.5 Å². The molecule has 0 bridgehead atoms. The Labute approximate surface area is 245 Å². The molecule has 8 nitrogen and oxygen atoms in total. The SMILES string of the molecule is COc1cccc(N2CC3(C2)C(=O)N(C[C@H]2CC[C@H](NC(=O)c4cc(Cl)cnc4C(F)F)CC2)c2cc(F)ccc23)n1. The van der Waals surface area contributed by atoms with Crippen molar-refractivity contribution in [2.24, 2.45) is 5.92 Å². The summed E-state index contributed by atoms with van der Waals surface area (Å²) in [7, 11) is 1.55. The molecule has 3 aliphatic rings. The number of amides is 2. The van der Waals surface area contributed by atoms with Crippen LogP contribution in [0.1, 0.15) is 53.7 Å². The van der Waals surface area contributed by atoms with Crippen LogP contribution in [-0.2, 0) is 10.2 Å². The smallest absolute Gasteiger partial charge is 0.281 e. The number of pyridine rings is 2. The lowest BCUT2D eigenvalue weighted by Gasteiger charge is -2.47. The highest BCUT2D eigenvalue weighted by Crippen LogP contribution is 2.49. The number of nitrogens with one attached hydrogen (secondary N) is 1. The molecule has 0 unspecified atom stereocenters. The number of alkyl halides is 2. The van der Waals surface area contributed by atoms with Crippen molar-refractivity contribution in [1.82, 2.24) is 15.3 Å². The average Bonchev–Trinajstić information content (AvgIpc) is 3.19. The number of methoxy groups -OCH3 is 1. The second kappa shape index (κ2) is 11.1. The van der Waals surface area contributed by atoms with Crippen molar-refractivity contribution in [2.75, 3.05) is 36.5 Å². The first kappa shape index (κ1) is 28.3. The highest BCUT2D eigenvalue weighted by atomic mass is 35.5. The van der Waals surface area contributed by atoms with Crippen molar-refractivity contribution in [3.8, 4) is 5.88 Å². The molecule has 1 saturated carbocycles. The highest BCUT2D eigenvalue weighted by Gasteiger charge is 2.58. The number of nitrogens with zero attached hydrogens (tertiary/aromatic N) is 4. The maximum Gasteiger partial charge on any atom is 0.281 e. The van der Waals surface area contributed by atoms with Gasteiger partial charge < -0.3 is 19.9 Å². The largest absolute Gasteiger partial charge is 0.481 e. The van der Waals surface area contributed by atoms with Gasteiger partial charge in [0.25, 0.3) is 12.3 Å². The third kappa shape index (κ3) is 5.04. The Morgan fingerprint density at radius 1 is 1.17 bits per heavy atom. The van der Waals surface area contributed by atoms with Crippen LogP contribution in [0.15, 0.2) is 48.7 Å². The first-order valence-corrected chi connectivity index (χ1v) is 14.2. The molecule has 1 aliphatic carbocycles. The van der Waals surface area contributed by atoms with Crippen LogP contribution in [0.2, 0.25) is 5.02 Å². The van der Waals surface area contributed by atoms with Crippen LogP contribution in [-0.4, -0.2) is 54.6 Å². The van der Waals surface area contributed by atoms with E-state index in [0.717, 1.165) is 11.8 Å². The number of aromatic nitrogens is 2. The van der Waals surface area contributed by atoms with Crippen LogP contribution in [0.5, 0.6) is 5.88 Å². The fourth-order valence-electron chi connectivity index (χ4n) is 6.38. The lowest BCUT2D eigenvalue weighted by molar-refractivity contribution is -0.124. The molecule has 6 rings (SSSR count). The summed E-state index contributed by atoms with van der Waals surface area (Å²) in [4.78, 5) is 38.6. The molecule has 42 heavy (non-hydrogen) atoms. The van der Waals surface area contributed by atoms with Crippen LogP contribution in [0.3, 0.4) is 0 Å². The van der Waals surface area contributed by atoms with Gasteiger partial charge in [-0.15, -0.1) is 0 Å². The number of benzene rings is 1. The van der Waals surface area contributed by atoms with Crippen molar-refractivity contribution in [1.29, 1.82) is 0 Å². The van der Waals surface area contributed by atoms with Gasteiger partial charge in [-0.1, -0.05) is 23.7 Å². The number of anilines is 2. The first-order valence-electron chi connectivity index (χ1n) is 13.8. The summed E-state index contributed by atoms with van der Waals surface area (Å²) in [6.07, 6.45) is 0.848. The van der Waals surface area contributed by atoms with E-state index in [0.29, 0.717) is 62.7 Å². The Hall–Kier alpha value is -3.86. The summed E-state index contributed by atoms with van der Waals surface area (Å²) >= 11 is 5.90. The van der Waals surface area contributed by atoms with Crippen molar-refractivity contribution in [3.63, 3.8) is 0 Å². The molecule has 12 heteroatoms. The lowest BCUT2D eigenvalue weighted by atomic mass is 9.74. The van der Waals surface area contributed by atoms with E-state index in [2.05, 4.69) is 15.3 Å². The second-order valence-electron chi connectivity index (χ2n) is 11.1. The first-order chi connectivity index (χ1) is 20.2. The zero-order valence-corrected chi connectivity index (χ0v) is 23.6. The molecule has 220 valence electrons. The Morgan fingerprint density at radius 3 is 2.64 bits per heavy atom. The molecule has 1 saturated heterocycles. The Bertz CT molecular complexity index is 1530. The predicted molar refractivity (Wildman–Crippen MR) is 151 cm³/mol. The van der Waals surface area contributed by atoms with E-state index in [9.17, 15) is 22.8 Å². The third-order valence-corrected chi connectivity index (χ3v) is 8.75. The van der Waals surface area contributed by atoms with Crippen LogP contribution in [0.25, 0.3) is 0 Å².